The number of carbonyl (C=O) groups excluding carboxylic acids is 1. The highest BCUT2D eigenvalue weighted by Crippen LogP contribution is 2.18. The van der Waals surface area contributed by atoms with E-state index in [0.717, 1.165) is 10.0 Å². The maximum Gasteiger partial charge on any atom is 0.320 e. The summed E-state index contributed by atoms with van der Waals surface area (Å²) in [4.78, 5) is 33.1. The van der Waals surface area contributed by atoms with Crippen LogP contribution in [0, 0.1) is 20.2 Å². The number of hydrogen-bond acceptors (Lipinski definition) is 7. The molecule has 1 N–H and O–H groups in total. The fourth-order valence-electron chi connectivity index (χ4n) is 2.50. The molecule has 1 aromatic heterocycles. The van der Waals surface area contributed by atoms with E-state index in [1.54, 1.807) is 6.07 Å². The second-order valence-corrected chi connectivity index (χ2v) is 6.91. The first kappa shape index (κ1) is 20.8. The molecule has 0 unspecified atom stereocenters. The smallest absolute Gasteiger partial charge is 0.265 e. The average molecular weight is 473 g/mol. The summed E-state index contributed by atoms with van der Waals surface area (Å²) < 4.78 is 2.18. The molecule has 0 saturated heterocycles. The zero-order chi connectivity index (χ0) is 21.7. The van der Waals surface area contributed by atoms with Gasteiger partial charge in [0, 0.05) is 22.2 Å². The maximum absolute atomic E-state index is 12.3. The number of carbonyl (C=O) groups is 1. The lowest BCUT2D eigenvalue weighted by atomic mass is 10.2. The molecule has 0 fully saturated rings. The monoisotopic (exact) mass is 472 g/mol. The summed E-state index contributed by atoms with van der Waals surface area (Å²) in [5.74, 6) is -0.877. The van der Waals surface area contributed by atoms with Gasteiger partial charge in [0.15, 0.2) is 0 Å². The molecule has 0 atom stereocenters. The Bertz CT molecular complexity index is 1140. The van der Waals surface area contributed by atoms with E-state index in [-0.39, 0.29) is 12.2 Å². The minimum atomic E-state index is -0.877. The summed E-state index contributed by atoms with van der Waals surface area (Å²) in [6.45, 7) is 0.234. The van der Waals surface area contributed by atoms with Gasteiger partial charge in [-0.15, -0.1) is 0 Å². The van der Waals surface area contributed by atoms with Gasteiger partial charge in [-0.25, -0.2) is 5.43 Å². The molecular formula is C18H13BrN6O5. The van der Waals surface area contributed by atoms with Crippen molar-refractivity contribution in [2.45, 2.75) is 6.54 Å². The molecule has 0 saturated carbocycles. The van der Waals surface area contributed by atoms with Gasteiger partial charge < -0.3 is 0 Å². The second-order valence-electron chi connectivity index (χ2n) is 6.00. The highest BCUT2D eigenvalue weighted by Gasteiger charge is 2.25. The van der Waals surface area contributed by atoms with Gasteiger partial charge in [-0.3, -0.25) is 29.7 Å². The summed E-state index contributed by atoms with van der Waals surface area (Å²) in [5.41, 5.74) is 2.37. The summed E-state index contributed by atoms with van der Waals surface area (Å²) in [5, 5.41) is 29.8. The lowest BCUT2D eigenvalue weighted by Crippen LogP contribution is -2.19. The van der Waals surface area contributed by atoms with E-state index < -0.39 is 27.1 Å². The Labute approximate surface area is 177 Å². The highest BCUT2D eigenvalue weighted by molar-refractivity contribution is 9.10. The van der Waals surface area contributed by atoms with Crippen LogP contribution < -0.4 is 5.43 Å². The number of rotatable bonds is 7. The van der Waals surface area contributed by atoms with Crippen molar-refractivity contribution in [3.05, 3.63) is 96.2 Å². The van der Waals surface area contributed by atoms with Gasteiger partial charge >= 0.3 is 5.69 Å². The fraction of sp³-hybridized carbons (Fsp3) is 0.0556. The summed E-state index contributed by atoms with van der Waals surface area (Å²) in [6.07, 6.45) is 2.36. The molecule has 11 nitrogen and oxygen atoms in total. The topological polar surface area (TPSA) is 146 Å². The first-order valence-electron chi connectivity index (χ1n) is 8.37. The van der Waals surface area contributed by atoms with Gasteiger partial charge in [0.1, 0.15) is 6.20 Å². The first-order chi connectivity index (χ1) is 14.3. The summed E-state index contributed by atoms with van der Waals surface area (Å²) >= 11 is 3.33. The summed E-state index contributed by atoms with van der Waals surface area (Å²) in [7, 11) is 0. The van der Waals surface area contributed by atoms with Gasteiger partial charge in [-0.05, 0) is 17.7 Å². The zero-order valence-electron chi connectivity index (χ0n) is 15.1. The van der Waals surface area contributed by atoms with Crippen LogP contribution in [0.2, 0.25) is 0 Å². The van der Waals surface area contributed by atoms with Crippen LogP contribution in [0.4, 0.5) is 11.4 Å². The number of nitrogens with one attached hydrogen (secondary N) is 1. The third-order valence-corrected chi connectivity index (χ3v) is 4.40. The quantitative estimate of drug-likeness (QED) is 0.317. The van der Waals surface area contributed by atoms with E-state index in [9.17, 15) is 25.0 Å². The van der Waals surface area contributed by atoms with Gasteiger partial charge in [0.2, 0.25) is 5.69 Å². The SMILES string of the molecule is O=C(NN=Cc1cccc([N+](=O)[O-])c1)c1nn(Cc2ccc(Br)cc2)cc1[N+](=O)[O-]. The third kappa shape index (κ3) is 5.11. The van der Waals surface area contributed by atoms with Gasteiger partial charge in [-0.2, -0.15) is 10.2 Å². The molecule has 152 valence electrons. The fourth-order valence-corrected chi connectivity index (χ4v) is 2.77. The molecular weight excluding hydrogens is 460 g/mol. The number of benzene rings is 2. The molecule has 0 aliphatic heterocycles. The van der Waals surface area contributed by atoms with E-state index in [2.05, 4.69) is 31.6 Å². The van der Waals surface area contributed by atoms with Crippen molar-refractivity contribution in [1.82, 2.24) is 15.2 Å². The number of nitrogens with zero attached hydrogens (tertiary/aromatic N) is 5. The molecule has 1 amide bonds. The van der Waals surface area contributed by atoms with Crippen LogP contribution in [0.1, 0.15) is 21.6 Å². The lowest BCUT2D eigenvalue weighted by molar-refractivity contribution is -0.385. The normalized spacial score (nSPS) is 10.8. The molecule has 0 aliphatic carbocycles. The number of aromatic nitrogens is 2. The minimum absolute atomic E-state index is 0.132. The van der Waals surface area contributed by atoms with Crippen LogP contribution in [0.5, 0.6) is 0 Å². The number of hydrazone groups is 1. The molecule has 0 radical (unpaired) electrons. The van der Waals surface area contributed by atoms with Gasteiger partial charge in [0.05, 0.1) is 22.6 Å². The van der Waals surface area contributed by atoms with Crippen LogP contribution in [0.15, 0.2) is 64.3 Å². The second kappa shape index (κ2) is 9.05. The largest absolute Gasteiger partial charge is 0.320 e. The number of non-ortho nitro benzene ring substituents is 1. The molecule has 3 aromatic rings. The van der Waals surface area contributed by atoms with Crippen LogP contribution in [0.3, 0.4) is 0 Å². The maximum atomic E-state index is 12.3. The van der Waals surface area contributed by atoms with Crippen molar-refractivity contribution in [3.8, 4) is 0 Å². The van der Waals surface area contributed by atoms with Gasteiger partial charge in [0.25, 0.3) is 11.6 Å². The number of nitro groups is 2. The van der Waals surface area contributed by atoms with Gasteiger partial charge in [-0.1, -0.05) is 40.2 Å². The molecule has 1 heterocycles. The molecule has 0 aliphatic rings. The van der Waals surface area contributed by atoms with E-state index in [1.807, 2.05) is 24.3 Å². The standard InChI is InChI=1S/C18H13BrN6O5/c19-14-6-4-12(5-7-14)10-23-11-16(25(29)30)17(22-23)18(26)21-20-9-13-2-1-3-15(8-13)24(27)28/h1-9,11H,10H2,(H,21,26). The van der Waals surface area contributed by atoms with E-state index in [0.29, 0.717) is 5.56 Å². The van der Waals surface area contributed by atoms with Crippen molar-refractivity contribution >= 4 is 39.4 Å². The Kier molecular flexibility index (Phi) is 6.27. The van der Waals surface area contributed by atoms with Crippen molar-refractivity contribution in [3.63, 3.8) is 0 Å². The van der Waals surface area contributed by atoms with Crippen LogP contribution in [-0.4, -0.2) is 31.7 Å². The number of amides is 1. The highest BCUT2D eigenvalue weighted by atomic mass is 79.9. The van der Waals surface area contributed by atoms with Crippen molar-refractivity contribution in [2.75, 3.05) is 0 Å². The van der Waals surface area contributed by atoms with Crippen molar-refractivity contribution in [1.29, 1.82) is 0 Å². The van der Waals surface area contributed by atoms with Crippen LogP contribution in [-0.2, 0) is 6.54 Å². The molecule has 0 spiro atoms. The number of hydrogen-bond donors (Lipinski definition) is 1. The number of nitro benzene ring substituents is 1. The molecule has 3 rings (SSSR count). The Morgan fingerprint density at radius 2 is 1.90 bits per heavy atom. The zero-order valence-corrected chi connectivity index (χ0v) is 16.7. The van der Waals surface area contributed by atoms with Crippen molar-refractivity contribution in [2.24, 2.45) is 5.10 Å². The Balaban J connectivity index is 1.75. The average Bonchev–Trinajstić information content (AvgIpc) is 3.14. The first-order valence-corrected chi connectivity index (χ1v) is 9.17. The predicted octanol–water partition coefficient (Wildman–Crippen LogP) is 3.27. The Hall–Kier alpha value is -3.93. The van der Waals surface area contributed by atoms with E-state index in [4.69, 9.17) is 0 Å². The van der Waals surface area contributed by atoms with Crippen LogP contribution >= 0.6 is 15.9 Å². The Morgan fingerprint density at radius 1 is 1.17 bits per heavy atom. The number of halogens is 1. The molecule has 0 bridgehead atoms. The van der Waals surface area contributed by atoms with Crippen LogP contribution in [0.25, 0.3) is 0 Å². The molecule has 30 heavy (non-hydrogen) atoms. The Morgan fingerprint density at radius 3 is 2.57 bits per heavy atom. The molecule has 2 aromatic carbocycles. The predicted molar refractivity (Wildman–Crippen MR) is 110 cm³/mol. The minimum Gasteiger partial charge on any atom is -0.265 e. The molecule has 12 heteroatoms. The van der Waals surface area contributed by atoms with E-state index >= 15 is 0 Å². The summed E-state index contributed by atoms with van der Waals surface area (Å²) in [6, 6.07) is 12.9. The third-order valence-electron chi connectivity index (χ3n) is 3.87. The lowest BCUT2D eigenvalue weighted by Gasteiger charge is -2.01. The van der Waals surface area contributed by atoms with E-state index in [1.165, 1.54) is 35.3 Å². The van der Waals surface area contributed by atoms with Crippen molar-refractivity contribution < 1.29 is 14.6 Å².